The number of hydrogen-bond donors (Lipinski definition) is 8. The molecule has 0 fully saturated rings. The van der Waals surface area contributed by atoms with Gasteiger partial charge in [0.25, 0.3) is 0 Å². The second-order valence-corrected chi connectivity index (χ2v) is 2.65. The van der Waals surface area contributed by atoms with E-state index in [4.69, 9.17) is 50.4 Å². The summed E-state index contributed by atoms with van der Waals surface area (Å²) in [5.41, 5.74) is 0. The first kappa shape index (κ1) is 21.9. The van der Waals surface area contributed by atoms with Crippen LogP contribution in [0, 0.1) is 0 Å². The maximum absolute atomic E-state index is 9.10. The Balaban J connectivity index is -0.000000187. The van der Waals surface area contributed by atoms with Gasteiger partial charge in [0.2, 0.25) is 0 Å². The van der Waals surface area contributed by atoms with E-state index in [1.54, 1.807) is 0 Å². The summed E-state index contributed by atoms with van der Waals surface area (Å²) < 4.78 is 0. The van der Waals surface area contributed by atoms with E-state index in [2.05, 4.69) is 0 Å². The summed E-state index contributed by atoms with van der Waals surface area (Å²) in [7, 11) is 0. The second kappa shape index (κ2) is 15.7. The molecule has 8 N–H and O–H groups in total. The smallest absolute Gasteiger partial charge is 0.414 e. The Morgan fingerprint density at radius 2 is 0.833 bits per heavy atom. The van der Waals surface area contributed by atoms with Gasteiger partial charge in [-0.25, -0.2) is 9.59 Å². The lowest BCUT2D eigenvalue weighted by atomic mass is 10.4. The summed E-state index contributed by atoms with van der Waals surface area (Å²) in [6.07, 6.45) is -1.91. The monoisotopic (exact) mass is 274 g/mol. The highest BCUT2D eigenvalue weighted by Crippen LogP contribution is 1.72. The number of carboxylic acids is 2. The summed E-state index contributed by atoms with van der Waals surface area (Å²) in [5, 5.41) is 62.8. The lowest BCUT2D eigenvalue weighted by Gasteiger charge is -1.96. The van der Waals surface area contributed by atoms with Crippen molar-refractivity contribution in [2.75, 3.05) is 26.4 Å². The molecular weight excluding hydrogens is 256 g/mol. The highest BCUT2D eigenvalue weighted by molar-refractivity contribution is 6.27. The highest BCUT2D eigenvalue weighted by atomic mass is 16.4. The molecule has 0 aromatic heterocycles. The second-order valence-electron chi connectivity index (χ2n) is 2.65. The van der Waals surface area contributed by atoms with Crippen molar-refractivity contribution in [2.24, 2.45) is 0 Å². The Labute approximate surface area is 102 Å². The van der Waals surface area contributed by atoms with Crippen molar-refractivity contribution in [1.29, 1.82) is 0 Å². The van der Waals surface area contributed by atoms with Gasteiger partial charge in [-0.2, -0.15) is 0 Å². The summed E-state index contributed by atoms with van der Waals surface area (Å²) in [6.45, 7) is -1.46. The molecule has 10 nitrogen and oxygen atoms in total. The SMILES string of the molecule is O=C(O)C(=O)O.OCC(O)CO.OCC(O)CO. The Hall–Kier alpha value is -1.30. The van der Waals surface area contributed by atoms with Gasteiger partial charge in [-0.1, -0.05) is 0 Å². The number of aliphatic hydroxyl groups excluding tert-OH is 6. The zero-order valence-electron chi connectivity index (χ0n) is 9.38. The van der Waals surface area contributed by atoms with Crippen LogP contribution in [0.15, 0.2) is 0 Å². The summed E-state index contributed by atoms with van der Waals surface area (Å²) in [5.74, 6) is -3.65. The lowest BCUT2D eigenvalue weighted by molar-refractivity contribution is -0.159. The summed E-state index contributed by atoms with van der Waals surface area (Å²) in [6, 6.07) is 0. The predicted molar refractivity (Wildman–Crippen MR) is 55.6 cm³/mol. The molecule has 0 saturated carbocycles. The zero-order chi connectivity index (χ0) is 15.1. The Morgan fingerprint density at radius 1 is 0.667 bits per heavy atom. The first-order valence-electron chi connectivity index (χ1n) is 4.52. The van der Waals surface area contributed by atoms with Gasteiger partial charge < -0.3 is 40.9 Å². The normalized spacial score (nSPS) is 9.11. The van der Waals surface area contributed by atoms with E-state index in [1.807, 2.05) is 0 Å². The molecule has 0 atom stereocenters. The number of aliphatic hydroxyl groups is 6. The minimum absolute atomic E-state index is 0.365. The molecule has 0 aliphatic carbocycles. The van der Waals surface area contributed by atoms with Crippen molar-refractivity contribution in [2.45, 2.75) is 12.2 Å². The zero-order valence-corrected chi connectivity index (χ0v) is 9.38. The van der Waals surface area contributed by atoms with Gasteiger partial charge in [0.15, 0.2) is 0 Å². The molecule has 10 heteroatoms. The van der Waals surface area contributed by atoms with Crippen LogP contribution in [0.1, 0.15) is 0 Å². The molecule has 0 amide bonds. The number of carbonyl (C=O) groups is 2. The van der Waals surface area contributed by atoms with Crippen molar-refractivity contribution >= 4 is 11.9 Å². The summed E-state index contributed by atoms with van der Waals surface area (Å²) in [4.78, 5) is 18.2. The van der Waals surface area contributed by atoms with Crippen LogP contribution in [0.4, 0.5) is 0 Å². The fourth-order valence-electron chi connectivity index (χ4n) is 0.115. The van der Waals surface area contributed by atoms with Crippen LogP contribution in [0.2, 0.25) is 0 Å². The topological polar surface area (TPSA) is 196 Å². The third-order valence-electron chi connectivity index (χ3n) is 1.03. The minimum atomic E-state index is -1.82. The van der Waals surface area contributed by atoms with E-state index >= 15 is 0 Å². The first-order chi connectivity index (χ1) is 8.26. The maximum Gasteiger partial charge on any atom is 0.414 e. The van der Waals surface area contributed by atoms with Gasteiger partial charge in [-0.3, -0.25) is 0 Å². The average Bonchev–Trinajstić information content (AvgIpc) is 2.37. The first-order valence-corrected chi connectivity index (χ1v) is 4.52. The van der Waals surface area contributed by atoms with Gasteiger partial charge in [-0.05, 0) is 0 Å². The van der Waals surface area contributed by atoms with E-state index in [0.717, 1.165) is 0 Å². The molecule has 0 bridgehead atoms. The standard InChI is InChI=1S/2C3H8O3.C2H2O4/c2*4-1-3(6)2-5;3-1(4)2(5)6/h2*3-6H,1-2H2;(H,3,4)(H,5,6). The molecular formula is C8H18O10. The molecule has 0 rings (SSSR count). The van der Waals surface area contributed by atoms with Crippen LogP contribution in [0.5, 0.6) is 0 Å². The Kier molecular flexibility index (Phi) is 19.1. The molecule has 0 aliphatic rings. The van der Waals surface area contributed by atoms with Crippen molar-refractivity contribution < 1.29 is 50.4 Å². The van der Waals surface area contributed by atoms with Gasteiger partial charge >= 0.3 is 11.9 Å². The van der Waals surface area contributed by atoms with Gasteiger partial charge in [0, 0.05) is 0 Å². The third-order valence-corrected chi connectivity index (χ3v) is 1.03. The molecule has 0 aromatic carbocycles. The van der Waals surface area contributed by atoms with Crippen LogP contribution in [0.25, 0.3) is 0 Å². The van der Waals surface area contributed by atoms with E-state index in [9.17, 15) is 0 Å². The van der Waals surface area contributed by atoms with Gasteiger partial charge in [0.05, 0.1) is 26.4 Å². The fraction of sp³-hybridized carbons (Fsp3) is 0.750. The molecule has 0 saturated heterocycles. The van der Waals surface area contributed by atoms with Crippen molar-refractivity contribution in [3.63, 3.8) is 0 Å². The number of aliphatic carboxylic acids is 2. The molecule has 0 unspecified atom stereocenters. The quantitative estimate of drug-likeness (QED) is 0.233. The number of carboxylic acid groups (broad SMARTS) is 2. The van der Waals surface area contributed by atoms with E-state index < -0.39 is 24.1 Å². The molecule has 0 aliphatic heterocycles. The van der Waals surface area contributed by atoms with Crippen LogP contribution < -0.4 is 0 Å². The van der Waals surface area contributed by atoms with Crippen LogP contribution in [-0.4, -0.2) is 91.4 Å². The minimum Gasteiger partial charge on any atom is -0.473 e. The van der Waals surface area contributed by atoms with Crippen LogP contribution >= 0.6 is 0 Å². The Morgan fingerprint density at radius 3 is 0.833 bits per heavy atom. The van der Waals surface area contributed by atoms with Crippen molar-refractivity contribution in [3.05, 3.63) is 0 Å². The molecule has 0 aromatic rings. The molecule has 0 radical (unpaired) electrons. The van der Waals surface area contributed by atoms with Crippen LogP contribution in [-0.2, 0) is 9.59 Å². The maximum atomic E-state index is 9.10. The number of rotatable bonds is 4. The van der Waals surface area contributed by atoms with E-state index in [-0.39, 0.29) is 26.4 Å². The van der Waals surface area contributed by atoms with Gasteiger partial charge in [0.1, 0.15) is 12.2 Å². The summed E-state index contributed by atoms with van der Waals surface area (Å²) >= 11 is 0. The van der Waals surface area contributed by atoms with Crippen LogP contribution in [0.3, 0.4) is 0 Å². The molecule has 0 spiro atoms. The predicted octanol–water partition coefficient (Wildman–Crippen LogP) is -4.18. The third kappa shape index (κ3) is 24.1. The highest BCUT2D eigenvalue weighted by Gasteiger charge is 2.04. The largest absolute Gasteiger partial charge is 0.473 e. The molecule has 0 heterocycles. The average molecular weight is 274 g/mol. The van der Waals surface area contributed by atoms with E-state index in [0.29, 0.717) is 0 Å². The Bertz CT molecular complexity index is 176. The number of hydrogen-bond acceptors (Lipinski definition) is 8. The molecule has 18 heavy (non-hydrogen) atoms. The van der Waals surface area contributed by atoms with Crippen molar-refractivity contribution in [1.82, 2.24) is 0 Å². The molecule has 110 valence electrons. The van der Waals surface area contributed by atoms with E-state index in [1.165, 1.54) is 0 Å². The lowest BCUT2D eigenvalue weighted by Crippen LogP contribution is -2.15. The van der Waals surface area contributed by atoms with Crippen molar-refractivity contribution in [3.8, 4) is 0 Å². The van der Waals surface area contributed by atoms with Gasteiger partial charge in [-0.15, -0.1) is 0 Å². The fourth-order valence-corrected chi connectivity index (χ4v) is 0.115.